The summed E-state index contributed by atoms with van der Waals surface area (Å²) in [5.74, 6) is 1.22. The van der Waals surface area contributed by atoms with Crippen LogP contribution in [0.15, 0.2) is 48.5 Å². The zero-order valence-electron chi connectivity index (χ0n) is 19.6. The van der Waals surface area contributed by atoms with Crippen molar-refractivity contribution in [1.82, 2.24) is 0 Å². The van der Waals surface area contributed by atoms with E-state index in [9.17, 15) is 4.79 Å². The van der Waals surface area contributed by atoms with Crippen molar-refractivity contribution in [2.24, 2.45) is 5.92 Å². The SMILES string of the molecule is CCOC1CC(c2ccccc2)OC2(CCC(C(=O)Cc3cc(C)ccc3OC)CC2)C1. The number of hydrogen-bond acceptors (Lipinski definition) is 4. The molecule has 1 aliphatic carbocycles. The summed E-state index contributed by atoms with van der Waals surface area (Å²) >= 11 is 0. The Morgan fingerprint density at radius 2 is 1.88 bits per heavy atom. The smallest absolute Gasteiger partial charge is 0.140 e. The van der Waals surface area contributed by atoms with Gasteiger partial charge in [0.15, 0.2) is 0 Å². The third-order valence-electron chi connectivity index (χ3n) is 7.20. The predicted molar refractivity (Wildman–Crippen MR) is 126 cm³/mol. The molecule has 4 heteroatoms. The van der Waals surface area contributed by atoms with Crippen molar-refractivity contribution in [1.29, 1.82) is 0 Å². The molecule has 0 bridgehead atoms. The number of hydrogen-bond donors (Lipinski definition) is 0. The van der Waals surface area contributed by atoms with Crippen molar-refractivity contribution in [3.8, 4) is 5.75 Å². The first-order valence-electron chi connectivity index (χ1n) is 12.0. The van der Waals surface area contributed by atoms with Crippen LogP contribution in [0.3, 0.4) is 0 Å². The quantitative estimate of drug-likeness (QED) is 0.534. The van der Waals surface area contributed by atoms with E-state index < -0.39 is 0 Å². The summed E-state index contributed by atoms with van der Waals surface area (Å²) in [6.45, 7) is 4.84. The van der Waals surface area contributed by atoms with Gasteiger partial charge in [-0.1, -0.05) is 48.0 Å². The molecule has 2 aliphatic rings. The minimum atomic E-state index is -0.184. The zero-order chi connectivity index (χ0) is 22.6. The van der Waals surface area contributed by atoms with E-state index in [2.05, 4.69) is 44.2 Å². The van der Waals surface area contributed by atoms with Crippen molar-refractivity contribution >= 4 is 5.78 Å². The number of ketones is 1. The molecular formula is C28H36O4. The lowest BCUT2D eigenvalue weighted by atomic mass is 9.72. The number of carbonyl (C=O) groups excluding carboxylic acids is 1. The molecule has 1 spiro atoms. The van der Waals surface area contributed by atoms with Gasteiger partial charge in [-0.2, -0.15) is 0 Å². The van der Waals surface area contributed by atoms with Crippen LogP contribution in [0, 0.1) is 12.8 Å². The van der Waals surface area contributed by atoms with E-state index in [1.165, 1.54) is 5.56 Å². The number of methoxy groups -OCH3 is 1. The average molecular weight is 437 g/mol. The number of benzene rings is 2. The molecule has 32 heavy (non-hydrogen) atoms. The first-order chi connectivity index (χ1) is 15.5. The van der Waals surface area contributed by atoms with E-state index >= 15 is 0 Å². The summed E-state index contributed by atoms with van der Waals surface area (Å²) in [7, 11) is 1.67. The summed E-state index contributed by atoms with van der Waals surface area (Å²) in [5.41, 5.74) is 3.19. The van der Waals surface area contributed by atoms with Gasteiger partial charge < -0.3 is 14.2 Å². The van der Waals surface area contributed by atoms with Crippen LogP contribution < -0.4 is 4.74 Å². The molecule has 2 fully saturated rings. The molecule has 4 rings (SSSR count). The van der Waals surface area contributed by atoms with E-state index in [4.69, 9.17) is 14.2 Å². The highest BCUT2D eigenvalue weighted by Gasteiger charge is 2.45. The second-order valence-electron chi connectivity index (χ2n) is 9.45. The van der Waals surface area contributed by atoms with Gasteiger partial charge in [-0.25, -0.2) is 0 Å². The van der Waals surface area contributed by atoms with Gasteiger partial charge in [0.25, 0.3) is 0 Å². The first-order valence-corrected chi connectivity index (χ1v) is 12.0. The van der Waals surface area contributed by atoms with Crippen LogP contribution in [-0.4, -0.2) is 31.2 Å². The van der Waals surface area contributed by atoms with Gasteiger partial charge in [-0.15, -0.1) is 0 Å². The van der Waals surface area contributed by atoms with Crippen LogP contribution in [0.2, 0.25) is 0 Å². The molecule has 1 saturated heterocycles. The highest BCUT2D eigenvalue weighted by Crippen LogP contribution is 2.47. The van der Waals surface area contributed by atoms with Gasteiger partial charge in [0, 0.05) is 37.4 Å². The Bertz CT molecular complexity index is 899. The minimum absolute atomic E-state index is 0.0605. The van der Waals surface area contributed by atoms with E-state index in [1.54, 1.807) is 7.11 Å². The lowest BCUT2D eigenvalue weighted by molar-refractivity contribution is -0.191. The maximum Gasteiger partial charge on any atom is 0.140 e. The molecular weight excluding hydrogens is 400 g/mol. The molecule has 4 nitrogen and oxygen atoms in total. The minimum Gasteiger partial charge on any atom is -0.496 e. The Labute approximate surface area is 192 Å². The second-order valence-corrected chi connectivity index (χ2v) is 9.45. The van der Waals surface area contributed by atoms with Crippen molar-refractivity contribution in [3.05, 3.63) is 65.2 Å². The Hall–Kier alpha value is -2.17. The van der Waals surface area contributed by atoms with E-state index in [0.717, 1.165) is 62.0 Å². The summed E-state index contributed by atoms with van der Waals surface area (Å²) in [4.78, 5) is 13.1. The van der Waals surface area contributed by atoms with E-state index in [0.29, 0.717) is 12.2 Å². The third kappa shape index (κ3) is 5.24. The Kier molecular flexibility index (Phi) is 7.32. The van der Waals surface area contributed by atoms with Gasteiger partial charge in [0.2, 0.25) is 0 Å². The van der Waals surface area contributed by atoms with Crippen LogP contribution in [0.25, 0.3) is 0 Å². The molecule has 2 aromatic carbocycles. The van der Waals surface area contributed by atoms with Gasteiger partial charge >= 0.3 is 0 Å². The summed E-state index contributed by atoms with van der Waals surface area (Å²) in [6.07, 6.45) is 6.14. The highest BCUT2D eigenvalue weighted by molar-refractivity contribution is 5.84. The van der Waals surface area contributed by atoms with Gasteiger partial charge in [0.05, 0.1) is 24.9 Å². The first kappa shape index (κ1) is 23.0. The Morgan fingerprint density at radius 3 is 2.56 bits per heavy atom. The Balaban J connectivity index is 1.43. The summed E-state index contributed by atoms with van der Waals surface area (Å²) < 4.78 is 18.3. The maximum absolute atomic E-state index is 13.1. The Morgan fingerprint density at radius 1 is 1.12 bits per heavy atom. The number of carbonyl (C=O) groups is 1. The monoisotopic (exact) mass is 436 g/mol. The molecule has 0 radical (unpaired) electrons. The molecule has 2 atom stereocenters. The number of rotatable bonds is 7. The molecule has 172 valence electrons. The van der Waals surface area contributed by atoms with Crippen molar-refractivity contribution in [3.63, 3.8) is 0 Å². The lowest BCUT2D eigenvalue weighted by Gasteiger charge is -2.48. The van der Waals surface area contributed by atoms with Crippen LogP contribution in [-0.2, 0) is 20.7 Å². The van der Waals surface area contributed by atoms with Crippen molar-refractivity contribution < 1.29 is 19.0 Å². The zero-order valence-corrected chi connectivity index (χ0v) is 19.6. The van der Waals surface area contributed by atoms with Crippen LogP contribution >= 0.6 is 0 Å². The van der Waals surface area contributed by atoms with Crippen molar-refractivity contribution in [2.45, 2.75) is 76.6 Å². The molecule has 0 amide bonds. The normalized spacial score (nSPS) is 27.9. The van der Waals surface area contributed by atoms with E-state index in [1.807, 2.05) is 18.2 Å². The second kappa shape index (κ2) is 10.2. The summed E-state index contributed by atoms with van der Waals surface area (Å²) in [6, 6.07) is 16.5. The molecule has 1 aliphatic heterocycles. The fourth-order valence-electron chi connectivity index (χ4n) is 5.53. The molecule has 0 aromatic heterocycles. The third-order valence-corrected chi connectivity index (χ3v) is 7.20. The molecule has 2 aromatic rings. The fraction of sp³-hybridized carbons (Fsp3) is 0.536. The number of aryl methyl sites for hydroxylation is 1. The molecule has 0 N–H and O–H groups in total. The van der Waals surface area contributed by atoms with Gasteiger partial charge in [-0.05, 0) is 51.2 Å². The van der Waals surface area contributed by atoms with E-state index in [-0.39, 0.29) is 23.7 Å². The van der Waals surface area contributed by atoms with Crippen LogP contribution in [0.5, 0.6) is 5.75 Å². The predicted octanol–water partition coefficient (Wildman–Crippen LogP) is 6.00. The van der Waals surface area contributed by atoms with Gasteiger partial charge in [-0.3, -0.25) is 4.79 Å². The number of Topliss-reactive ketones (excluding diaryl/α,β-unsaturated/α-hetero) is 1. The molecule has 1 saturated carbocycles. The maximum atomic E-state index is 13.1. The van der Waals surface area contributed by atoms with Crippen LogP contribution in [0.4, 0.5) is 0 Å². The molecule has 1 heterocycles. The topological polar surface area (TPSA) is 44.8 Å². The fourth-order valence-corrected chi connectivity index (χ4v) is 5.53. The lowest BCUT2D eigenvalue weighted by Crippen LogP contribution is -2.47. The molecule has 2 unspecified atom stereocenters. The largest absolute Gasteiger partial charge is 0.496 e. The van der Waals surface area contributed by atoms with Crippen LogP contribution in [0.1, 0.15) is 68.2 Å². The standard InChI is InChI=1S/C28H36O4/c1-4-31-24-18-27(22-8-6-5-7-9-22)32-28(19-24)14-12-21(13-15-28)25(29)17-23-16-20(2)10-11-26(23)30-3/h5-11,16,21,24,27H,4,12-15,17-19H2,1-3H3. The van der Waals surface area contributed by atoms with Crippen molar-refractivity contribution in [2.75, 3.05) is 13.7 Å². The van der Waals surface area contributed by atoms with Gasteiger partial charge in [0.1, 0.15) is 11.5 Å². The average Bonchev–Trinajstić information content (AvgIpc) is 2.80. The highest BCUT2D eigenvalue weighted by atomic mass is 16.5. The number of ether oxygens (including phenoxy) is 3. The summed E-state index contributed by atoms with van der Waals surface area (Å²) in [5, 5.41) is 0.